The summed E-state index contributed by atoms with van der Waals surface area (Å²) in [5.74, 6) is -0.0554. The van der Waals surface area contributed by atoms with Gasteiger partial charge in [0.1, 0.15) is 5.01 Å². The third kappa shape index (κ3) is 5.68. The van der Waals surface area contributed by atoms with E-state index in [9.17, 15) is 4.79 Å². The summed E-state index contributed by atoms with van der Waals surface area (Å²) in [7, 11) is 1.93. The Morgan fingerprint density at radius 1 is 1.34 bits per heavy atom. The van der Waals surface area contributed by atoms with Crippen LogP contribution in [0.1, 0.15) is 16.1 Å². The molecule has 1 saturated heterocycles. The summed E-state index contributed by atoms with van der Waals surface area (Å²) in [5, 5.41) is 4.99. The van der Waals surface area contributed by atoms with Crippen LogP contribution in [0, 0.1) is 6.92 Å². The Morgan fingerprint density at radius 2 is 2.19 bits per heavy atom. The third-order valence-electron chi connectivity index (χ3n) is 5.40. The topological polar surface area (TPSA) is 72.3 Å². The van der Waals surface area contributed by atoms with Crippen molar-refractivity contribution in [3.05, 3.63) is 56.9 Å². The number of ether oxygens (including phenoxy) is 1. The van der Waals surface area contributed by atoms with Crippen molar-refractivity contribution in [2.45, 2.75) is 26.0 Å². The predicted octanol–water partition coefficient (Wildman–Crippen LogP) is 3.72. The first kappa shape index (κ1) is 23.2. The number of carbonyl (C=O) groups is 1. The number of halogens is 2. The fourth-order valence-corrected chi connectivity index (χ4v) is 4.95. The molecule has 1 atom stereocenters. The highest BCUT2D eigenvalue weighted by atomic mass is 35.5. The van der Waals surface area contributed by atoms with Crippen molar-refractivity contribution in [3.8, 4) is 10.7 Å². The molecule has 0 saturated carbocycles. The quantitative estimate of drug-likeness (QED) is 0.542. The molecule has 7 nitrogen and oxygen atoms in total. The molecule has 0 radical (unpaired) electrons. The van der Waals surface area contributed by atoms with Gasteiger partial charge in [-0.05, 0) is 24.6 Å². The van der Waals surface area contributed by atoms with E-state index in [2.05, 4.69) is 20.2 Å². The van der Waals surface area contributed by atoms with E-state index in [-0.39, 0.29) is 18.4 Å². The number of thiazole rings is 1. The number of nitrogens with one attached hydrogen (secondary N) is 1. The average molecular weight is 494 g/mol. The lowest BCUT2D eigenvalue weighted by atomic mass is 10.2. The molecule has 10 heteroatoms. The Balaban J connectivity index is 1.28. The van der Waals surface area contributed by atoms with Crippen LogP contribution in [0.25, 0.3) is 10.7 Å². The van der Waals surface area contributed by atoms with Gasteiger partial charge >= 0.3 is 0 Å². The van der Waals surface area contributed by atoms with Gasteiger partial charge < -0.3 is 14.6 Å². The van der Waals surface area contributed by atoms with Crippen molar-refractivity contribution in [3.63, 3.8) is 0 Å². The SMILES string of the molecule is Cc1sc(-c2cncn2C)nc1CC(=O)NC[C@H]1CN(Cc2ccc(Cl)c(Cl)c2)CCO1. The van der Waals surface area contributed by atoms with E-state index in [0.717, 1.165) is 46.5 Å². The zero-order valence-corrected chi connectivity index (χ0v) is 20.3. The van der Waals surface area contributed by atoms with Crippen LogP contribution >= 0.6 is 34.5 Å². The lowest BCUT2D eigenvalue weighted by Crippen LogP contribution is -2.47. The van der Waals surface area contributed by atoms with Crippen LogP contribution in [0.2, 0.25) is 10.0 Å². The summed E-state index contributed by atoms with van der Waals surface area (Å²) in [5.41, 5.74) is 2.85. The third-order valence-corrected chi connectivity index (χ3v) is 7.17. The summed E-state index contributed by atoms with van der Waals surface area (Å²) < 4.78 is 7.78. The second-order valence-electron chi connectivity index (χ2n) is 7.87. The van der Waals surface area contributed by atoms with Crippen molar-refractivity contribution < 1.29 is 9.53 Å². The number of aromatic nitrogens is 3. The highest BCUT2D eigenvalue weighted by Crippen LogP contribution is 2.27. The summed E-state index contributed by atoms with van der Waals surface area (Å²) in [6.45, 7) is 5.42. The number of imidazole rings is 1. The zero-order valence-electron chi connectivity index (χ0n) is 18.0. The Kier molecular flexibility index (Phi) is 7.48. The molecule has 170 valence electrons. The number of hydrogen-bond donors (Lipinski definition) is 1. The predicted molar refractivity (Wildman–Crippen MR) is 127 cm³/mol. The average Bonchev–Trinajstić information content (AvgIpc) is 3.35. The fraction of sp³-hybridized carbons (Fsp3) is 0.409. The summed E-state index contributed by atoms with van der Waals surface area (Å²) in [4.78, 5) is 24.7. The normalized spacial score (nSPS) is 16.9. The monoisotopic (exact) mass is 493 g/mol. The van der Waals surface area contributed by atoms with Crippen LogP contribution < -0.4 is 5.32 Å². The lowest BCUT2D eigenvalue weighted by Gasteiger charge is -2.33. The number of amides is 1. The number of benzene rings is 1. The first-order chi connectivity index (χ1) is 15.4. The second-order valence-corrected chi connectivity index (χ2v) is 9.89. The van der Waals surface area contributed by atoms with E-state index >= 15 is 0 Å². The van der Waals surface area contributed by atoms with Gasteiger partial charge in [-0.2, -0.15) is 0 Å². The molecule has 4 rings (SSSR count). The minimum absolute atomic E-state index is 0.0554. The van der Waals surface area contributed by atoms with Crippen molar-refractivity contribution in [1.29, 1.82) is 0 Å². The standard InChI is InChI=1S/C22H25Cl2N5O2S/c1-14-19(27-22(32-14)20-10-25-13-28(20)2)8-21(30)26-9-16-12-29(5-6-31-16)11-15-3-4-17(23)18(24)7-15/h3-4,7,10,13,16H,5-6,8-9,11-12H2,1-2H3,(H,26,30)/t16-/m0/s1. The molecule has 0 unspecified atom stereocenters. The van der Waals surface area contributed by atoms with Crippen LogP contribution in [0.4, 0.5) is 0 Å². The van der Waals surface area contributed by atoms with Gasteiger partial charge in [0.15, 0.2) is 0 Å². The molecule has 0 aliphatic carbocycles. The van der Waals surface area contributed by atoms with Gasteiger partial charge in [-0.25, -0.2) is 9.97 Å². The molecule has 0 bridgehead atoms. The number of aryl methyl sites for hydroxylation is 2. The first-order valence-electron chi connectivity index (χ1n) is 10.4. The first-order valence-corrected chi connectivity index (χ1v) is 11.9. The molecule has 3 aromatic rings. The summed E-state index contributed by atoms with van der Waals surface area (Å²) in [6, 6.07) is 5.69. The van der Waals surface area contributed by atoms with Gasteiger partial charge in [0.25, 0.3) is 0 Å². The fourth-order valence-electron chi connectivity index (χ4n) is 3.65. The highest BCUT2D eigenvalue weighted by molar-refractivity contribution is 7.15. The number of nitrogens with zero attached hydrogens (tertiary/aromatic N) is 4. The number of hydrogen-bond acceptors (Lipinski definition) is 6. The number of rotatable bonds is 7. The van der Waals surface area contributed by atoms with E-state index in [4.69, 9.17) is 27.9 Å². The molecule has 1 fully saturated rings. The van der Waals surface area contributed by atoms with Gasteiger partial charge in [0.05, 0.1) is 53.1 Å². The largest absolute Gasteiger partial charge is 0.374 e. The minimum atomic E-state index is -0.0583. The maximum atomic E-state index is 12.6. The van der Waals surface area contributed by atoms with Crippen LogP contribution in [-0.4, -0.2) is 57.7 Å². The van der Waals surface area contributed by atoms with E-state index < -0.39 is 0 Å². The highest BCUT2D eigenvalue weighted by Gasteiger charge is 2.22. The molecular formula is C22H25Cl2N5O2S. The van der Waals surface area contributed by atoms with Crippen molar-refractivity contribution in [2.75, 3.05) is 26.2 Å². The Bertz CT molecular complexity index is 1100. The Labute approximate surface area is 201 Å². The van der Waals surface area contributed by atoms with Gasteiger partial charge in [-0.1, -0.05) is 29.3 Å². The van der Waals surface area contributed by atoms with E-state index in [1.165, 1.54) is 0 Å². The molecule has 1 aliphatic rings. The van der Waals surface area contributed by atoms with E-state index in [0.29, 0.717) is 23.2 Å². The van der Waals surface area contributed by atoms with Crippen molar-refractivity contribution in [1.82, 2.24) is 24.8 Å². The molecule has 32 heavy (non-hydrogen) atoms. The smallest absolute Gasteiger partial charge is 0.226 e. The van der Waals surface area contributed by atoms with Crippen LogP contribution in [0.3, 0.4) is 0 Å². The summed E-state index contributed by atoms with van der Waals surface area (Å²) in [6.07, 6.45) is 3.72. The molecule has 0 spiro atoms. The zero-order chi connectivity index (χ0) is 22.7. The molecule has 3 heterocycles. The second kappa shape index (κ2) is 10.3. The van der Waals surface area contributed by atoms with Crippen LogP contribution in [0.15, 0.2) is 30.7 Å². The molecular weight excluding hydrogens is 469 g/mol. The van der Waals surface area contributed by atoms with Gasteiger partial charge in [0.2, 0.25) is 5.91 Å². The van der Waals surface area contributed by atoms with Crippen molar-refractivity contribution in [2.24, 2.45) is 7.05 Å². The lowest BCUT2D eigenvalue weighted by molar-refractivity contribution is -0.121. The maximum absolute atomic E-state index is 12.6. The van der Waals surface area contributed by atoms with E-state index in [1.54, 1.807) is 23.9 Å². The molecule has 1 aliphatic heterocycles. The van der Waals surface area contributed by atoms with Crippen molar-refractivity contribution >= 4 is 40.4 Å². The van der Waals surface area contributed by atoms with Crippen LogP contribution in [0.5, 0.6) is 0 Å². The molecule has 1 aromatic carbocycles. The molecule has 1 amide bonds. The van der Waals surface area contributed by atoms with Crippen LogP contribution in [-0.2, 0) is 29.5 Å². The Morgan fingerprint density at radius 3 is 2.94 bits per heavy atom. The number of morpholine rings is 1. The molecule has 2 aromatic heterocycles. The molecule has 1 N–H and O–H groups in total. The maximum Gasteiger partial charge on any atom is 0.226 e. The minimum Gasteiger partial charge on any atom is -0.374 e. The summed E-state index contributed by atoms with van der Waals surface area (Å²) >= 11 is 13.7. The van der Waals surface area contributed by atoms with Gasteiger partial charge in [0, 0.05) is 38.1 Å². The Hall–Kier alpha value is -1.97. The van der Waals surface area contributed by atoms with E-state index in [1.807, 2.05) is 36.7 Å². The van der Waals surface area contributed by atoms with Gasteiger partial charge in [-0.15, -0.1) is 11.3 Å². The van der Waals surface area contributed by atoms with Gasteiger partial charge in [-0.3, -0.25) is 9.69 Å². The number of carbonyl (C=O) groups excluding carboxylic acids is 1.